The van der Waals surface area contributed by atoms with Crippen LogP contribution in [0.1, 0.15) is 0 Å². The van der Waals surface area contributed by atoms with Crippen molar-refractivity contribution < 1.29 is 24.5 Å². The Bertz CT molecular complexity index is 523. The largest absolute Gasteiger partial charge is 0.482 e. The number of ether oxygens (including phenoxy) is 1. The third kappa shape index (κ3) is 4.72. The molecule has 1 aromatic rings. The molecule has 0 spiro atoms. The Labute approximate surface area is 129 Å². The topological polar surface area (TPSA) is 95.9 Å². The number of hydrogen-bond donors (Lipinski definition) is 3. The molecule has 20 heavy (non-hydrogen) atoms. The summed E-state index contributed by atoms with van der Waals surface area (Å²) in [5.41, 5.74) is 0. The molecular weight excluding hydrogens is 332 g/mol. The lowest BCUT2D eigenvalue weighted by Crippen LogP contribution is -2.45. The van der Waals surface area contributed by atoms with Gasteiger partial charge in [0.1, 0.15) is 11.8 Å². The number of benzene rings is 1. The number of aliphatic hydroxyl groups is 1. The SMILES string of the molecule is O=C(COc1cc(Cl)c(Cl)cc1Cl)N[C@H](CO)C(=O)O. The van der Waals surface area contributed by atoms with E-state index in [9.17, 15) is 9.59 Å². The molecule has 3 N–H and O–H groups in total. The molecule has 0 aliphatic rings. The number of carbonyl (C=O) groups is 2. The molecule has 0 radical (unpaired) electrons. The smallest absolute Gasteiger partial charge is 0.328 e. The van der Waals surface area contributed by atoms with Crippen molar-refractivity contribution in [2.24, 2.45) is 0 Å². The van der Waals surface area contributed by atoms with Crippen molar-refractivity contribution in [2.45, 2.75) is 6.04 Å². The maximum Gasteiger partial charge on any atom is 0.328 e. The zero-order chi connectivity index (χ0) is 15.3. The number of rotatable bonds is 6. The highest BCUT2D eigenvalue weighted by atomic mass is 35.5. The minimum absolute atomic E-state index is 0.132. The van der Waals surface area contributed by atoms with E-state index in [4.69, 9.17) is 49.8 Å². The minimum atomic E-state index is -1.39. The monoisotopic (exact) mass is 341 g/mol. The van der Waals surface area contributed by atoms with Crippen molar-refractivity contribution in [3.05, 3.63) is 27.2 Å². The molecule has 0 aliphatic heterocycles. The fraction of sp³-hybridized carbons (Fsp3) is 0.273. The maximum atomic E-state index is 11.4. The number of hydrogen-bond acceptors (Lipinski definition) is 4. The molecule has 1 amide bonds. The third-order valence-electron chi connectivity index (χ3n) is 2.15. The van der Waals surface area contributed by atoms with Gasteiger partial charge in [0.25, 0.3) is 5.91 Å². The Hall–Kier alpha value is -1.21. The molecule has 0 saturated carbocycles. The van der Waals surface area contributed by atoms with Gasteiger partial charge in [0.05, 0.1) is 21.7 Å². The van der Waals surface area contributed by atoms with Crippen molar-refractivity contribution >= 4 is 46.7 Å². The first-order valence-electron chi connectivity index (χ1n) is 5.25. The van der Waals surface area contributed by atoms with E-state index in [-0.39, 0.29) is 20.8 Å². The molecule has 1 rings (SSSR count). The second-order valence-electron chi connectivity index (χ2n) is 3.63. The highest BCUT2D eigenvalue weighted by molar-refractivity contribution is 6.43. The molecule has 0 aromatic heterocycles. The summed E-state index contributed by atoms with van der Waals surface area (Å²) in [5.74, 6) is -1.95. The predicted octanol–water partition coefficient (Wildman–Crippen LogP) is 1.59. The molecule has 6 nitrogen and oxygen atoms in total. The van der Waals surface area contributed by atoms with Gasteiger partial charge >= 0.3 is 5.97 Å². The average molecular weight is 343 g/mol. The van der Waals surface area contributed by atoms with E-state index in [2.05, 4.69) is 5.32 Å². The Kier molecular flexibility index (Phi) is 6.35. The van der Waals surface area contributed by atoms with Crippen LogP contribution in [0.3, 0.4) is 0 Å². The van der Waals surface area contributed by atoms with Crippen LogP contribution in [-0.2, 0) is 9.59 Å². The van der Waals surface area contributed by atoms with Gasteiger partial charge in [-0.25, -0.2) is 4.79 Å². The molecule has 1 aromatic carbocycles. The highest BCUT2D eigenvalue weighted by Gasteiger charge is 2.19. The summed E-state index contributed by atoms with van der Waals surface area (Å²) in [6.07, 6.45) is 0. The average Bonchev–Trinajstić information content (AvgIpc) is 2.38. The minimum Gasteiger partial charge on any atom is -0.482 e. The molecule has 9 heteroatoms. The summed E-state index contributed by atoms with van der Waals surface area (Å²) >= 11 is 17.3. The first-order chi connectivity index (χ1) is 9.35. The van der Waals surface area contributed by atoms with Gasteiger partial charge < -0.3 is 20.3 Å². The summed E-state index contributed by atoms with van der Waals surface area (Å²) in [7, 11) is 0. The van der Waals surface area contributed by atoms with Crippen molar-refractivity contribution in [1.29, 1.82) is 0 Å². The van der Waals surface area contributed by atoms with E-state index in [1.807, 2.05) is 0 Å². The standard InChI is InChI=1S/C11H10Cl3NO5/c12-5-1-7(14)9(2-6(5)13)20-4-10(17)15-8(3-16)11(18)19/h1-2,8,16H,3-4H2,(H,15,17)(H,18,19)/t8-/m1/s1. The molecule has 0 fully saturated rings. The quantitative estimate of drug-likeness (QED) is 0.682. The molecule has 0 bridgehead atoms. The van der Waals surface area contributed by atoms with Crippen LogP contribution in [-0.4, -0.2) is 41.3 Å². The van der Waals surface area contributed by atoms with Crippen LogP contribution in [0.4, 0.5) is 0 Å². The predicted molar refractivity (Wildman–Crippen MR) is 73.6 cm³/mol. The maximum absolute atomic E-state index is 11.4. The molecule has 110 valence electrons. The number of carbonyl (C=O) groups excluding carboxylic acids is 1. The lowest BCUT2D eigenvalue weighted by Gasteiger charge is -2.13. The number of aliphatic carboxylic acids is 1. The second-order valence-corrected chi connectivity index (χ2v) is 4.85. The van der Waals surface area contributed by atoms with Crippen LogP contribution in [0.15, 0.2) is 12.1 Å². The Balaban J connectivity index is 2.61. The first kappa shape index (κ1) is 16.8. The number of carboxylic acid groups (broad SMARTS) is 1. The van der Waals surface area contributed by atoms with Crippen molar-refractivity contribution in [3.8, 4) is 5.75 Å². The molecule has 0 saturated heterocycles. The summed E-state index contributed by atoms with van der Waals surface area (Å²) < 4.78 is 5.10. The van der Waals surface area contributed by atoms with Gasteiger partial charge in [0, 0.05) is 6.07 Å². The first-order valence-corrected chi connectivity index (χ1v) is 6.39. The molecule has 0 aliphatic carbocycles. The zero-order valence-electron chi connectivity index (χ0n) is 9.90. The summed E-state index contributed by atoms with van der Waals surface area (Å²) in [6, 6.07) is 1.29. The van der Waals surface area contributed by atoms with E-state index in [1.165, 1.54) is 12.1 Å². The fourth-order valence-electron chi connectivity index (χ4n) is 1.18. The Morgan fingerprint density at radius 1 is 1.20 bits per heavy atom. The van der Waals surface area contributed by atoms with Gasteiger partial charge in [0.15, 0.2) is 6.61 Å². The van der Waals surface area contributed by atoms with Crippen LogP contribution in [0.2, 0.25) is 15.1 Å². The third-order valence-corrected chi connectivity index (χ3v) is 3.17. The molecule has 0 unspecified atom stereocenters. The summed E-state index contributed by atoms with van der Waals surface area (Å²) in [6.45, 7) is -1.21. The van der Waals surface area contributed by atoms with Gasteiger partial charge in [-0.15, -0.1) is 0 Å². The van der Waals surface area contributed by atoms with E-state index < -0.39 is 31.1 Å². The number of aliphatic hydroxyl groups excluding tert-OH is 1. The van der Waals surface area contributed by atoms with Gasteiger partial charge in [-0.05, 0) is 6.07 Å². The number of halogens is 3. The highest BCUT2D eigenvalue weighted by Crippen LogP contribution is 2.33. The van der Waals surface area contributed by atoms with E-state index in [1.54, 1.807) is 0 Å². The lowest BCUT2D eigenvalue weighted by molar-refractivity contribution is -0.143. The lowest BCUT2D eigenvalue weighted by atomic mass is 10.3. The molecule has 0 heterocycles. The molecule has 1 atom stereocenters. The Morgan fingerprint density at radius 2 is 1.80 bits per heavy atom. The van der Waals surface area contributed by atoms with Gasteiger partial charge in [0.2, 0.25) is 0 Å². The van der Waals surface area contributed by atoms with E-state index >= 15 is 0 Å². The van der Waals surface area contributed by atoms with Gasteiger partial charge in [-0.3, -0.25) is 4.79 Å². The number of amides is 1. The number of nitrogens with one attached hydrogen (secondary N) is 1. The van der Waals surface area contributed by atoms with E-state index in [0.717, 1.165) is 0 Å². The van der Waals surface area contributed by atoms with Crippen molar-refractivity contribution in [1.82, 2.24) is 5.32 Å². The van der Waals surface area contributed by atoms with E-state index in [0.29, 0.717) is 0 Å². The zero-order valence-corrected chi connectivity index (χ0v) is 12.2. The van der Waals surface area contributed by atoms with Crippen molar-refractivity contribution in [2.75, 3.05) is 13.2 Å². The Morgan fingerprint density at radius 3 is 2.35 bits per heavy atom. The normalized spacial score (nSPS) is 11.8. The fourth-order valence-corrected chi connectivity index (χ4v) is 1.77. The molecular formula is C11H10Cl3NO5. The van der Waals surface area contributed by atoms with Crippen LogP contribution < -0.4 is 10.1 Å². The van der Waals surface area contributed by atoms with Crippen LogP contribution in [0.5, 0.6) is 5.75 Å². The number of carboxylic acids is 1. The summed E-state index contributed by atoms with van der Waals surface area (Å²) in [5, 5.41) is 20.1. The van der Waals surface area contributed by atoms with Crippen LogP contribution in [0.25, 0.3) is 0 Å². The van der Waals surface area contributed by atoms with Crippen LogP contribution >= 0.6 is 34.8 Å². The van der Waals surface area contributed by atoms with Gasteiger partial charge in [-0.2, -0.15) is 0 Å². The van der Waals surface area contributed by atoms with Crippen LogP contribution in [0, 0.1) is 0 Å². The second kappa shape index (κ2) is 7.54. The van der Waals surface area contributed by atoms with Gasteiger partial charge in [-0.1, -0.05) is 34.8 Å². The van der Waals surface area contributed by atoms with Crippen molar-refractivity contribution in [3.63, 3.8) is 0 Å². The summed E-state index contributed by atoms with van der Waals surface area (Å²) in [4.78, 5) is 22.0.